The number of Topliss-reactive ketones (excluding diaryl/α,β-unsaturated/α-hetero) is 1. The summed E-state index contributed by atoms with van der Waals surface area (Å²) in [5, 5.41) is 2.85. The third-order valence-corrected chi connectivity index (χ3v) is 7.60. The van der Waals surface area contributed by atoms with Gasteiger partial charge in [0.1, 0.15) is 30.9 Å². The van der Waals surface area contributed by atoms with E-state index in [-0.39, 0.29) is 37.1 Å². The van der Waals surface area contributed by atoms with Gasteiger partial charge in [-0.3, -0.25) is 34.0 Å². The lowest BCUT2D eigenvalue weighted by atomic mass is 9.96. The van der Waals surface area contributed by atoms with Crippen LogP contribution in [0.3, 0.4) is 0 Å². The summed E-state index contributed by atoms with van der Waals surface area (Å²) in [5.74, 6) is -2.12. The van der Waals surface area contributed by atoms with E-state index in [4.69, 9.17) is 4.74 Å². The molecule has 2 aliphatic rings. The predicted molar refractivity (Wildman–Crippen MR) is 170 cm³/mol. The molecule has 1 N–H and O–H groups in total. The van der Waals surface area contributed by atoms with Crippen LogP contribution in [0.5, 0.6) is 0 Å². The van der Waals surface area contributed by atoms with Gasteiger partial charge in [0.25, 0.3) is 17.7 Å². The molecule has 0 bridgehead atoms. The Kier molecular flexibility index (Phi) is 9.22. The molecule has 2 atom stereocenters. The molecule has 3 heterocycles. The Morgan fingerprint density at radius 1 is 0.978 bits per heavy atom. The molecule has 3 amide bonds. The number of hydrogen-bond acceptors (Lipinski definition) is 7. The van der Waals surface area contributed by atoms with Crippen molar-refractivity contribution < 1.29 is 23.9 Å². The van der Waals surface area contributed by atoms with Crippen LogP contribution in [-0.2, 0) is 25.5 Å². The number of aromatic nitrogens is 1. The van der Waals surface area contributed by atoms with E-state index in [1.165, 1.54) is 16.0 Å². The van der Waals surface area contributed by atoms with Crippen LogP contribution in [0.1, 0.15) is 49.3 Å². The fourth-order valence-electron chi connectivity index (χ4n) is 5.40. The summed E-state index contributed by atoms with van der Waals surface area (Å²) in [5.41, 5.74) is 1.53. The Hall–Kier alpha value is -5.12. The minimum Gasteiger partial charge on any atom is -0.473 e. The van der Waals surface area contributed by atoms with E-state index in [0.29, 0.717) is 11.3 Å². The Labute approximate surface area is 262 Å². The fraction of sp³-hybridized carbons (Fsp3) is 0.314. The van der Waals surface area contributed by atoms with Crippen molar-refractivity contribution in [3.63, 3.8) is 0 Å². The molecule has 2 aromatic carbocycles. The summed E-state index contributed by atoms with van der Waals surface area (Å²) in [6.07, 6.45) is 3.35. The van der Waals surface area contributed by atoms with Gasteiger partial charge in [0.05, 0.1) is 11.2 Å². The van der Waals surface area contributed by atoms with Crippen LogP contribution in [-0.4, -0.2) is 75.0 Å². The molecule has 0 saturated heterocycles. The van der Waals surface area contributed by atoms with Gasteiger partial charge >= 0.3 is 0 Å². The first kappa shape index (κ1) is 31.3. The minimum absolute atomic E-state index is 0.0244. The molecule has 10 nitrogen and oxygen atoms in total. The molecule has 232 valence electrons. The maximum absolute atomic E-state index is 14.2. The smallest absolute Gasteiger partial charge is 0.277 e. The normalized spacial score (nSPS) is 18.2. The maximum atomic E-state index is 14.2. The fourth-order valence-corrected chi connectivity index (χ4v) is 5.40. The van der Waals surface area contributed by atoms with Gasteiger partial charge in [-0.2, -0.15) is 0 Å². The summed E-state index contributed by atoms with van der Waals surface area (Å²) < 4.78 is 5.62. The van der Waals surface area contributed by atoms with Gasteiger partial charge in [0.15, 0.2) is 0 Å². The highest BCUT2D eigenvalue weighted by molar-refractivity contribution is 6.39. The summed E-state index contributed by atoms with van der Waals surface area (Å²) in [6.45, 7) is 7.32. The standard InChI is InChI=1S/C35H37N5O5/c1-23(2)30-34(44)39(28(25-15-9-6-10-16-25)20-40(30)33(43)26-17-11-12-18-36-26)21-29(41)37-27(19-24-13-7-5-8-14-24)31(42)32-38-35(3,4)22-45-32/h5-18,20,23,27,30H,19,21-22H2,1-4H3,(H,37,41)/t27-,30+/m0/s1. The van der Waals surface area contributed by atoms with Crippen molar-refractivity contribution in [1.29, 1.82) is 0 Å². The second-order valence-corrected chi connectivity index (χ2v) is 12.1. The summed E-state index contributed by atoms with van der Waals surface area (Å²) in [4.78, 5) is 66.6. The van der Waals surface area contributed by atoms with Crippen molar-refractivity contribution in [2.45, 2.75) is 51.7 Å². The van der Waals surface area contributed by atoms with Gasteiger partial charge in [0.2, 0.25) is 11.7 Å². The van der Waals surface area contributed by atoms with Gasteiger partial charge < -0.3 is 10.1 Å². The van der Waals surface area contributed by atoms with E-state index in [9.17, 15) is 19.2 Å². The Morgan fingerprint density at radius 3 is 2.24 bits per heavy atom. The van der Waals surface area contributed by atoms with E-state index in [0.717, 1.165) is 5.56 Å². The molecule has 2 aliphatic heterocycles. The third-order valence-electron chi connectivity index (χ3n) is 7.60. The second-order valence-electron chi connectivity index (χ2n) is 12.1. The van der Waals surface area contributed by atoms with Crippen molar-refractivity contribution >= 4 is 35.1 Å². The SMILES string of the molecule is CC(C)[C@@H]1C(=O)N(CC(=O)N[C@@H](Cc2ccccc2)C(=O)C2=NC(C)(C)CO2)C(c2ccccc2)=CN1C(=O)c1ccccn1. The lowest BCUT2D eigenvalue weighted by Crippen LogP contribution is -2.57. The van der Waals surface area contributed by atoms with Crippen LogP contribution < -0.4 is 5.32 Å². The Bertz CT molecular complexity index is 1620. The molecule has 3 aromatic rings. The number of hydrogen-bond donors (Lipinski definition) is 1. The quantitative estimate of drug-likeness (QED) is 0.373. The highest BCUT2D eigenvalue weighted by Crippen LogP contribution is 2.31. The topological polar surface area (TPSA) is 121 Å². The van der Waals surface area contributed by atoms with Crippen molar-refractivity contribution in [2.24, 2.45) is 10.9 Å². The van der Waals surface area contributed by atoms with E-state index in [1.807, 2.05) is 88.4 Å². The van der Waals surface area contributed by atoms with Gasteiger partial charge in [-0.05, 0) is 43.0 Å². The van der Waals surface area contributed by atoms with Crippen molar-refractivity contribution in [3.05, 3.63) is 108 Å². The maximum Gasteiger partial charge on any atom is 0.277 e. The Morgan fingerprint density at radius 2 is 1.64 bits per heavy atom. The van der Waals surface area contributed by atoms with Crippen LogP contribution in [0.15, 0.2) is 96.3 Å². The molecule has 0 saturated carbocycles. The van der Waals surface area contributed by atoms with E-state index in [2.05, 4.69) is 15.3 Å². The highest BCUT2D eigenvalue weighted by atomic mass is 16.5. The van der Waals surface area contributed by atoms with E-state index in [1.54, 1.807) is 24.4 Å². The van der Waals surface area contributed by atoms with E-state index >= 15 is 0 Å². The number of carbonyl (C=O) groups is 4. The number of ketones is 1. The molecule has 1 aromatic heterocycles. The highest BCUT2D eigenvalue weighted by Gasteiger charge is 2.42. The molecular weight excluding hydrogens is 570 g/mol. The second kappa shape index (κ2) is 13.3. The lowest BCUT2D eigenvalue weighted by molar-refractivity contribution is -0.138. The van der Waals surface area contributed by atoms with Crippen molar-refractivity contribution in [1.82, 2.24) is 20.1 Å². The summed E-state index contributed by atoms with van der Waals surface area (Å²) in [7, 11) is 0. The van der Waals surface area contributed by atoms with Gasteiger partial charge in [-0.1, -0.05) is 80.6 Å². The summed E-state index contributed by atoms with van der Waals surface area (Å²) >= 11 is 0. The minimum atomic E-state index is -0.972. The van der Waals surface area contributed by atoms with Crippen molar-refractivity contribution in [2.75, 3.05) is 13.2 Å². The first-order valence-electron chi connectivity index (χ1n) is 15.0. The number of pyridine rings is 1. The first-order chi connectivity index (χ1) is 21.5. The predicted octanol–water partition coefficient (Wildman–Crippen LogP) is 3.89. The molecular formula is C35H37N5O5. The molecule has 5 rings (SSSR count). The zero-order valence-corrected chi connectivity index (χ0v) is 25.8. The average Bonchev–Trinajstić information content (AvgIpc) is 3.41. The molecule has 0 radical (unpaired) electrons. The average molecular weight is 608 g/mol. The molecule has 10 heteroatoms. The molecule has 0 spiro atoms. The Balaban J connectivity index is 1.47. The number of nitrogens with one attached hydrogen (secondary N) is 1. The first-order valence-corrected chi connectivity index (χ1v) is 15.0. The lowest BCUT2D eigenvalue weighted by Gasteiger charge is -2.41. The van der Waals surface area contributed by atoms with Gasteiger partial charge in [-0.25, -0.2) is 4.99 Å². The van der Waals surface area contributed by atoms with Crippen LogP contribution in [0.25, 0.3) is 5.70 Å². The largest absolute Gasteiger partial charge is 0.473 e. The molecule has 0 unspecified atom stereocenters. The molecule has 45 heavy (non-hydrogen) atoms. The number of amides is 3. The zero-order valence-electron chi connectivity index (χ0n) is 25.8. The van der Waals surface area contributed by atoms with Crippen LogP contribution in [0.4, 0.5) is 0 Å². The van der Waals surface area contributed by atoms with Crippen molar-refractivity contribution in [3.8, 4) is 0 Å². The number of rotatable bonds is 10. The van der Waals surface area contributed by atoms with Crippen LogP contribution in [0, 0.1) is 5.92 Å². The number of ether oxygens (including phenoxy) is 1. The number of carbonyl (C=O) groups excluding carboxylic acids is 4. The van der Waals surface area contributed by atoms with Gasteiger partial charge in [0, 0.05) is 18.8 Å². The third kappa shape index (κ3) is 7.17. The zero-order chi connectivity index (χ0) is 32.1. The van der Waals surface area contributed by atoms with E-state index < -0.39 is 41.1 Å². The monoisotopic (exact) mass is 607 g/mol. The molecule has 0 fully saturated rings. The molecule has 0 aliphatic carbocycles. The summed E-state index contributed by atoms with van der Waals surface area (Å²) in [6, 6.07) is 21.6. The van der Waals surface area contributed by atoms with Crippen LogP contribution >= 0.6 is 0 Å². The number of aliphatic imine (C=N–C) groups is 1. The van der Waals surface area contributed by atoms with Crippen LogP contribution in [0.2, 0.25) is 0 Å². The number of nitrogens with zero attached hydrogens (tertiary/aromatic N) is 4. The number of benzene rings is 2. The van der Waals surface area contributed by atoms with Gasteiger partial charge in [-0.15, -0.1) is 0 Å².